The highest BCUT2D eigenvalue weighted by atomic mass is 16.5. The van der Waals surface area contributed by atoms with Crippen LogP contribution in [-0.2, 0) is 0 Å². The minimum atomic E-state index is 0.116. The lowest BCUT2D eigenvalue weighted by molar-refractivity contribution is 0.373. The number of aryl methyl sites for hydroxylation is 1. The lowest BCUT2D eigenvalue weighted by atomic mass is 10.1. The average molecular weight is 381 g/mol. The molecular formula is C21H27N5O2. The van der Waals surface area contributed by atoms with Crippen molar-refractivity contribution in [3.05, 3.63) is 30.4 Å². The Balaban J connectivity index is 1.56. The van der Waals surface area contributed by atoms with E-state index in [2.05, 4.69) is 45.9 Å². The van der Waals surface area contributed by atoms with Crippen molar-refractivity contribution in [1.82, 2.24) is 20.3 Å². The zero-order chi connectivity index (χ0) is 19.9. The molecule has 148 valence electrons. The van der Waals surface area contributed by atoms with Crippen LogP contribution in [0.1, 0.15) is 33.1 Å². The largest absolute Gasteiger partial charge is 0.496 e. The highest BCUT2D eigenvalue weighted by molar-refractivity contribution is 5.83. The molecule has 0 amide bonds. The minimum absolute atomic E-state index is 0.116. The van der Waals surface area contributed by atoms with Crippen molar-refractivity contribution in [1.29, 1.82) is 0 Å². The van der Waals surface area contributed by atoms with Gasteiger partial charge in [0, 0.05) is 43.2 Å². The number of rotatable bonds is 4. The Morgan fingerprint density at radius 1 is 1.21 bits per heavy atom. The monoisotopic (exact) mass is 381 g/mol. The molecule has 1 aliphatic rings. The summed E-state index contributed by atoms with van der Waals surface area (Å²) >= 11 is 0. The predicted octanol–water partition coefficient (Wildman–Crippen LogP) is 3.57. The van der Waals surface area contributed by atoms with Crippen LogP contribution in [0.2, 0.25) is 0 Å². The number of hydrogen-bond acceptors (Lipinski definition) is 7. The van der Waals surface area contributed by atoms with Crippen molar-refractivity contribution in [2.24, 2.45) is 0 Å². The molecule has 4 rings (SSSR count). The molecule has 3 heterocycles. The normalized spacial score (nSPS) is 17.5. The molecule has 0 bridgehead atoms. The number of ether oxygens (including phenoxy) is 1. The van der Waals surface area contributed by atoms with Gasteiger partial charge in [-0.25, -0.2) is 9.97 Å². The van der Waals surface area contributed by atoms with Crippen molar-refractivity contribution in [2.45, 2.75) is 45.7 Å². The molecular weight excluding hydrogens is 354 g/mol. The van der Waals surface area contributed by atoms with Gasteiger partial charge in [0.15, 0.2) is 11.5 Å². The highest BCUT2D eigenvalue weighted by Gasteiger charge is 2.26. The Morgan fingerprint density at radius 2 is 2.04 bits per heavy atom. The average Bonchev–Trinajstić information content (AvgIpc) is 3.24. The van der Waals surface area contributed by atoms with Crippen LogP contribution in [0.3, 0.4) is 0 Å². The molecule has 0 spiro atoms. The molecule has 0 aliphatic carbocycles. The molecule has 28 heavy (non-hydrogen) atoms. The van der Waals surface area contributed by atoms with Gasteiger partial charge in [-0.05, 0) is 33.3 Å². The van der Waals surface area contributed by atoms with Gasteiger partial charge in [-0.2, -0.15) is 0 Å². The van der Waals surface area contributed by atoms with Crippen LogP contribution in [-0.4, -0.2) is 46.7 Å². The maximum Gasteiger partial charge on any atom is 0.192 e. The number of methoxy groups -OCH3 is 1. The quantitative estimate of drug-likeness (QED) is 0.740. The molecule has 7 nitrogen and oxygen atoms in total. The van der Waals surface area contributed by atoms with Gasteiger partial charge < -0.3 is 19.4 Å². The maximum atomic E-state index is 5.66. The topological polar surface area (TPSA) is 76.3 Å². The van der Waals surface area contributed by atoms with Gasteiger partial charge in [0.05, 0.1) is 25.2 Å². The van der Waals surface area contributed by atoms with Crippen molar-refractivity contribution in [3.8, 4) is 17.0 Å². The molecule has 1 aliphatic heterocycles. The highest BCUT2D eigenvalue weighted by Crippen LogP contribution is 2.33. The number of nitrogens with zero attached hydrogens (tertiary/aromatic N) is 4. The van der Waals surface area contributed by atoms with Gasteiger partial charge in [0.2, 0.25) is 0 Å². The van der Waals surface area contributed by atoms with Crippen LogP contribution in [0.4, 0.5) is 5.82 Å². The molecule has 1 atom stereocenters. The van der Waals surface area contributed by atoms with Crippen LogP contribution in [0.15, 0.2) is 28.9 Å². The number of fused-ring (bicyclic) bond motifs is 1. The Kier molecular flexibility index (Phi) is 4.71. The molecule has 7 heteroatoms. The standard InChI is InChI=1S/C21H27N5O2/c1-13-24-16-9-18(27-5)15(8-19(16)28-13)17-10-23-20(11-22-17)26-7-6-14(12-26)25-21(2,3)4/h8-11,14,25H,6-7,12H2,1-5H3/t14-/m1/s1. The fourth-order valence-corrected chi connectivity index (χ4v) is 3.76. The maximum absolute atomic E-state index is 5.66. The Bertz CT molecular complexity index is 975. The summed E-state index contributed by atoms with van der Waals surface area (Å²) in [7, 11) is 1.64. The zero-order valence-electron chi connectivity index (χ0n) is 17.1. The summed E-state index contributed by atoms with van der Waals surface area (Å²) in [5.41, 5.74) is 3.20. The van der Waals surface area contributed by atoms with Crippen LogP contribution in [0.5, 0.6) is 5.75 Å². The van der Waals surface area contributed by atoms with Gasteiger partial charge in [-0.1, -0.05) is 0 Å². The van der Waals surface area contributed by atoms with E-state index < -0.39 is 0 Å². The lowest BCUT2D eigenvalue weighted by Crippen LogP contribution is -2.44. The number of aromatic nitrogens is 3. The molecule has 0 radical (unpaired) electrons. The summed E-state index contributed by atoms with van der Waals surface area (Å²) in [5.74, 6) is 2.24. The Hall–Kier alpha value is -2.67. The second-order valence-electron chi connectivity index (χ2n) is 8.34. The van der Waals surface area contributed by atoms with Crippen LogP contribution >= 0.6 is 0 Å². The number of oxazole rings is 1. The van der Waals surface area contributed by atoms with E-state index in [1.165, 1.54) is 0 Å². The second-order valence-corrected chi connectivity index (χ2v) is 8.34. The van der Waals surface area contributed by atoms with Crippen LogP contribution in [0, 0.1) is 6.92 Å². The van der Waals surface area contributed by atoms with Crippen molar-refractivity contribution < 1.29 is 9.15 Å². The van der Waals surface area contributed by atoms with E-state index in [9.17, 15) is 0 Å². The third-order valence-electron chi connectivity index (χ3n) is 4.88. The molecule has 3 aromatic rings. The molecule has 1 aromatic carbocycles. The first kappa shape index (κ1) is 18.7. The van der Waals surface area contributed by atoms with E-state index in [1.807, 2.05) is 25.3 Å². The first-order chi connectivity index (χ1) is 13.3. The van der Waals surface area contributed by atoms with E-state index in [4.69, 9.17) is 9.15 Å². The second kappa shape index (κ2) is 7.05. The van der Waals surface area contributed by atoms with Gasteiger partial charge in [0.1, 0.15) is 17.1 Å². The molecule has 1 fully saturated rings. The van der Waals surface area contributed by atoms with Crippen LogP contribution < -0.4 is 15.0 Å². The van der Waals surface area contributed by atoms with E-state index in [-0.39, 0.29) is 5.54 Å². The van der Waals surface area contributed by atoms with Gasteiger partial charge >= 0.3 is 0 Å². The molecule has 1 saturated heterocycles. The van der Waals surface area contributed by atoms with Crippen molar-refractivity contribution >= 4 is 16.9 Å². The summed E-state index contributed by atoms with van der Waals surface area (Å²) in [6.45, 7) is 10.4. The Labute approximate surface area is 165 Å². The fraction of sp³-hybridized carbons (Fsp3) is 0.476. The summed E-state index contributed by atoms with van der Waals surface area (Å²) in [4.78, 5) is 15.9. The molecule has 1 N–H and O–H groups in total. The SMILES string of the molecule is COc1cc2nc(C)oc2cc1-c1cnc(N2CC[C@@H](NC(C)(C)C)C2)cn1. The van der Waals surface area contributed by atoms with E-state index >= 15 is 0 Å². The number of anilines is 1. The van der Waals surface area contributed by atoms with Gasteiger partial charge in [-0.3, -0.25) is 4.98 Å². The van der Waals surface area contributed by atoms with E-state index in [0.717, 1.165) is 47.7 Å². The first-order valence-corrected chi connectivity index (χ1v) is 9.62. The summed E-state index contributed by atoms with van der Waals surface area (Å²) in [5, 5.41) is 3.67. The van der Waals surface area contributed by atoms with E-state index in [0.29, 0.717) is 17.7 Å². The minimum Gasteiger partial charge on any atom is -0.496 e. The van der Waals surface area contributed by atoms with Gasteiger partial charge in [0.25, 0.3) is 0 Å². The van der Waals surface area contributed by atoms with Crippen LogP contribution in [0.25, 0.3) is 22.4 Å². The lowest BCUT2D eigenvalue weighted by Gasteiger charge is -2.26. The summed E-state index contributed by atoms with van der Waals surface area (Å²) in [6.07, 6.45) is 4.74. The number of hydrogen-bond donors (Lipinski definition) is 1. The third-order valence-corrected chi connectivity index (χ3v) is 4.88. The molecule has 0 saturated carbocycles. The third kappa shape index (κ3) is 3.80. The smallest absolute Gasteiger partial charge is 0.192 e. The molecule has 0 unspecified atom stereocenters. The summed E-state index contributed by atoms with van der Waals surface area (Å²) < 4.78 is 11.2. The van der Waals surface area contributed by atoms with Gasteiger partial charge in [-0.15, -0.1) is 0 Å². The van der Waals surface area contributed by atoms with Crippen molar-refractivity contribution in [3.63, 3.8) is 0 Å². The predicted molar refractivity (Wildman–Crippen MR) is 110 cm³/mol. The van der Waals surface area contributed by atoms with Crippen molar-refractivity contribution in [2.75, 3.05) is 25.1 Å². The zero-order valence-corrected chi connectivity index (χ0v) is 17.1. The number of nitrogens with one attached hydrogen (secondary N) is 1. The Morgan fingerprint density at radius 3 is 2.71 bits per heavy atom. The fourth-order valence-electron chi connectivity index (χ4n) is 3.76. The summed E-state index contributed by atoms with van der Waals surface area (Å²) in [6, 6.07) is 4.26. The number of benzene rings is 1. The first-order valence-electron chi connectivity index (χ1n) is 9.62. The molecule has 2 aromatic heterocycles. The van der Waals surface area contributed by atoms with E-state index in [1.54, 1.807) is 13.3 Å².